The van der Waals surface area contributed by atoms with E-state index in [1.54, 1.807) is 0 Å². The van der Waals surface area contributed by atoms with E-state index >= 15 is 0 Å². The van der Waals surface area contributed by atoms with Crippen LogP contribution in [0.4, 0.5) is 0 Å². The minimum absolute atomic E-state index is 0.137. The molecule has 0 bridgehead atoms. The summed E-state index contributed by atoms with van der Waals surface area (Å²) in [6.45, 7) is 4.40. The Balaban J connectivity index is 3.47. The fourth-order valence-electron chi connectivity index (χ4n) is 0.525. The molecule has 0 heterocycles. The molecule has 0 aromatic heterocycles. The maximum atomic E-state index is 2.64. The highest BCUT2D eigenvalue weighted by Gasteiger charge is 2.19. The molecule has 0 N–H and O–H groups in total. The monoisotopic (exact) mass is 508 g/mol. The zero-order valence-electron chi connectivity index (χ0n) is 6.13. The average molecular weight is 508 g/mol. The Morgan fingerprint density at radius 1 is 1.40 bits per heavy atom. The zero-order chi connectivity index (χ0) is 8.20. The Morgan fingerprint density at radius 2 is 1.90 bits per heavy atom. The molecule has 0 aromatic rings. The van der Waals surface area contributed by atoms with E-state index in [9.17, 15) is 0 Å². The van der Waals surface area contributed by atoms with Crippen LogP contribution in [0.2, 0.25) is 5.67 Å². The molecule has 0 spiro atoms. The number of allylic oxidation sites excluding steroid dienone is 1. The fraction of sp³-hybridized carbons (Fsp3) is 0.600. The van der Waals surface area contributed by atoms with Gasteiger partial charge in [0.05, 0.1) is 0 Å². The van der Waals surface area contributed by atoms with Crippen LogP contribution in [0, 0.1) is 0 Å². The lowest BCUT2D eigenvalue weighted by molar-refractivity contribution is 1.41. The summed E-state index contributed by atoms with van der Waals surface area (Å²) in [4.78, 5) is 0. The molecule has 0 aromatic carbocycles. The summed E-state index contributed by atoms with van der Waals surface area (Å²) in [6, 6.07) is 0. The lowest BCUT2D eigenvalue weighted by Gasteiger charge is -2.05. The molecule has 0 rings (SSSR count). The average Bonchev–Trinajstić information content (AvgIpc) is 1.59. The van der Waals surface area contributed by atoms with Crippen molar-refractivity contribution in [3.8, 4) is 0 Å². The number of halogens is 3. The number of hydrogen-bond acceptors (Lipinski definition) is 0. The largest absolute Gasteiger partial charge is 0.251 e. The van der Waals surface area contributed by atoms with Crippen molar-refractivity contribution in [1.29, 1.82) is 0 Å². The molecule has 5 heteroatoms. The van der Waals surface area contributed by atoms with Crippen LogP contribution in [0.1, 0.15) is 13.8 Å². The summed E-state index contributed by atoms with van der Waals surface area (Å²) in [5.41, 5.74) is 5.51. The lowest BCUT2D eigenvalue weighted by atomic mass is 10.4. The van der Waals surface area contributed by atoms with Crippen molar-refractivity contribution in [2.24, 2.45) is 0 Å². The number of rotatable bonds is 3. The van der Waals surface area contributed by atoms with Crippen molar-refractivity contribution >= 4 is 75.5 Å². The quantitative estimate of drug-likeness (QED) is 0.312. The summed E-state index contributed by atoms with van der Waals surface area (Å²) in [5, 5.41) is 0. The molecule has 0 saturated heterocycles. The van der Waals surface area contributed by atoms with E-state index in [1.165, 1.54) is 11.2 Å². The predicted molar refractivity (Wildman–Crippen MR) is 80.6 cm³/mol. The first-order chi connectivity index (χ1) is 4.42. The Hall–Kier alpha value is 2.36. The third kappa shape index (κ3) is 10.4. The molecule has 0 saturated carbocycles. The van der Waals surface area contributed by atoms with Crippen LogP contribution in [-0.4, -0.2) is 10.1 Å². The molecule has 60 valence electrons. The molecule has 0 fully saturated rings. The van der Waals surface area contributed by atoms with Crippen LogP contribution in [0.15, 0.2) is 11.3 Å². The summed E-state index contributed by atoms with van der Waals surface area (Å²) in [7, 11) is 0.137. The van der Waals surface area contributed by atoms with Gasteiger partial charge in [0.25, 0.3) is 0.564 Å². The van der Waals surface area contributed by atoms with E-state index in [-0.39, 0.29) is 9.52 Å². The smallest absolute Gasteiger partial charge is 0.103 e. The molecule has 0 atom stereocenters. The third-order valence-corrected chi connectivity index (χ3v) is 20.1. The Morgan fingerprint density at radius 3 is 2.20 bits per heavy atom. The number of hydrogen-bond donors (Lipinski definition) is 0. The molecular weight excluding hydrogens is 497 g/mol. The van der Waals surface area contributed by atoms with Gasteiger partial charge in [-0.25, -0.2) is 0 Å². The first-order valence-electron chi connectivity index (χ1n) is 3.12. The maximum Gasteiger partial charge on any atom is 0.251 e. The third-order valence-electron chi connectivity index (χ3n) is 0.980. The van der Waals surface area contributed by atoms with Gasteiger partial charge in [-0.2, -0.15) is 0 Å². The second-order valence-corrected chi connectivity index (χ2v) is 41.8. The van der Waals surface area contributed by atoms with Gasteiger partial charge in [0, 0.05) is 9.52 Å². The Kier molecular flexibility index (Phi) is 7.31. The highest BCUT2D eigenvalue weighted by Crippen LogP contribution is 2.32. The first-order valence-corrected chi connectivity index (χ1v) is 16.5. The second kappa shape index (κ2) is 5.92. The molecule has 0 aliphatic carbocycles. The van der Waals surface area contributed by atoms with E-state index in [4.69, 9.17) is 0 Å². The summed E-state index contributed by atoms with van der Waals surface area (Å²) in [5.74, 6) is 0. The minimum atomic E-state index is -0.797. The van der Waals surface area contributed by atoms with E-state index < -0.39 is 0.564 Å². The van der Waals surface area contributed by atoms with Crippen LogP contribution in [0.5, 0.6) is 0 Å². The molecule has 0 aliphatic heterocycles. The topological polar surface area (TPSA) is 0 Å². The summed E-state index contributed by atoms with van der Waals surface area (Å²) in [6.07, 6.45) is 0. The summed E-state index contributed by atoms with van der Waals surface area (Å²) < 4.78 is -0.797. The van der Waals surface area contributed by atoms with E-state index in [2.05, 4.69) is 84.9 Å². The standard InChI is InChI=1S/C5H11I3Si2/c1-5(2)3-9-4-10(6,7)8/h3H,4,9H2,1-2H3. The minimum Gasteiger partial charge on any atom is -0.103 e. The van der Waals surface area contributed by atoms with Crippen LogP contribution in [0.25, 0.3) is 0 Å². The van der Waals surface area contributed by atoms with Crippen LogP contribution >= 0.6 is 65.4 Å². The van der Waals surface area contributed by atoms with Crippen LogP contribution < -0.4 is 0 Å². The van der Waals surface area contributed by atoms with Crippen molar-refractivity contribution in [1.82, 2.24) is 0 Å². The zero-order valence-corrected chi connectivity index (χ0v) is 15.0. The molecular formula is C5H11I3Si2. The van der Waals surface area contributed by atoms with Gasteiger partial charge in [-0.15, -0.1) is 5.70 Å². The molecule has 0 unspecified atom stereocenters. The van der Waals surface area contributed by atoms with Crippen LogP contribution in [0.3, 0.4) is 0 Å². The Bertz CT molecular complexity index is 123. The first kappa shape index (κ1) is 12.4. The van der Waals surface area contributed by atoms with Gasteiger partial charge in [0.1, 0.15) is 0 Å². The molecule has 10 heavy (non-hydrogen) atoms. The SMILES string of the molecule is CC(C)=C[SiH2]C[Si](I)(I)I. The molecule has 0 amide bonds. The van der Waals surface area contributed by atoms with Gasteiger partial charge < -0.3 is 0 Å². The van der Waals surface area contributed by atoms with Crippen molar-refractivity contribution in [2.45, 2.75) is 19.5 Å². The highest BCUT2D eigenvalue weighted by atomic mass is 127. The molecule has 0 aliphatic rings. The Labute approximate surface area is 104 Å². The highest BCUT2D eigenvalue weighted by molar-refractivity contribution is 14.4. The fourth-order valence-corrected chi connectivity index (χ4v) is 11.4. The van der Waals surface area contributed by atoms with Gasteiger partial charge in [-0.3, -0.25) is 0 Å². The predicted octanol–water partition coefficient (Wildman–Crippen LogP) is 3.28. The van der Waals surface area contributed by atoms with Crippen molar-refractivity contribution in [3.63, 3.8) is 0 Å². The van der Waals surface area contributed by atoms with Crippen LogP contribution in [-0.2, 0) is 0 Å². The maximum absolute atomic E-state index is 2.64. The van der Waals surface area contributed by atoms with Crippen molar-refractivity contribution < 1.29 is 0 Å². The summed E-state index contributed by atoms with van der Waals surface area (Å²) >= 11 is 7.92. The lowest BCUT2D eigenvalue weighted by Crippen LogP contribution is -2.08. The van der Waals surface area contributed by atoms with Crippen molar-refractivity contribution in [3.05, 3.63) is 11.3 Å². The van der Waals surface area contributed by atoms with Gasteiger partial charge in [0.15, 0.2) is 0 Å². The van der Waals surface area contributed by atoms with Gasteiger partial charge in [0.2, 0.25) is 0 Å². The molecule has 0 nitrogen and oxygen atoms in total. The van der Waals surface area contributed by atoms with E-state index in [0.29, 0.717) is 0 Å². The van der Waals surface area contributed by atoms with Gasteiger partial charge in [-0.05, 0) is 19.5 Å². The molecule has 0 radical (unpaired) electrons. The van der Waals surface area contributed by atoms with Crippen molar-refractivity contribution in [2.75, 3.05) is 0 Å². The van der Waals surface area contributed by atoms with Gasteiger partial charge >= 0.3 is 0 Å². The van der Waals surface area contributed by atoms with E-state index in [0.717, 1.165) is 0 Å². The normalized spacial score (nSPS) is 12.5. The van der Waals surface area contributed by atoms with E-state index in [1.807, 2.05) is 0 Å². The second-order valence-electron chi connectivity index (χ2n) is 2.44. The van der Waals surface area contributed by atoms with Gasteiger partial charge in [-0.1, -0.05) is 71.0 Å².